The monoisotopic (exact) mass is 279 g/mol. The van der Waals surface area contributed by atoms with Gasteiger partial charge in [0.25, 0.3) is 5.91 Å². The number of hydrogen-bond acceptors (Lipinski definition) is 4. The van der Waals surface area contributed by atoms with E-state index < -0.39 is 5.60 Å². The Morgan fingerprint density at radius 3 is 3.00 bits per heavy atom. The van der Waals surface area contributed by atoms with E-state index >= 15 is 0 Å². The predicted octanol–water partition coefficient (Wildman–Crippen LogP) is 1.67. The molecule has 102 valence electrons. The number of H-pyrrole nitrogens is 1. The van der Waals surface area contributed by atoms with Crippen LogP contribution in [0.25, 0.3) is 0 Å². The molecule has 0 fully saturated rings. The molecule has 3 N–H and O–H groups in total. The van der Waals surface area contributed by atoms with Gasteiger partial charge in [-0.2, -0.15) is 5.10 Å². The van der Waals surface area contributed by atoms with E-state index in [1.54, 1.807) is 13.0 Å². The van der Waals surface area contributed by atoms with E-state index in [-0.39, 0.29) is 12.5 Å². The van der Waals surface area contributed by atoms with Gasteiger partial charge in [0.05, 0.1) is 6.54 Å². The average Bonchev–Trinajstić information content (AvgIpc) is 3.06. The molecule has 1 amide bonds. The van der Waals surface area contributed by atoms with E-state index in [0.29, 0.717) is 5.69 Å². The summed E-state index contributed by atoms with van der Waals surface area (Å²) < 4.78 is 0. The number of aliphatic hydroxyl groups is 1. The van der Waals surface area contributed by atoms with E-state index in [2.05, 4.69) is 15.5 Å². The van der Waals surface area contributed by atoms with Crippen molar-refractivity contribution < 1.29 is 9.90 Å². The Balaban J connectivity index is 1.97. The van der Waals surface area contributed by atoms with Gasteiger partial charge in [-0.05, 0) is 30.9 Å². The number of aromatic amines is 1. The molecule has 5 nitrogen and oxygen atoms in total. The Morgan fingerprint density at radius 2 is 2.42 bits per heavy atom. The summed E-state index contributed by atoms with van der Waals surface area (Å²) in [7, 11) is 0. The van der Waals surface area contributed by atoms with Gasteiger partial charge < -0.3 is 10.4 Å². The summed E-state index contributed by atoms with van der Waals surface area (Å²) in [5, 5.41) is 21.6. The largest absolute Gasteiger partial charge is 0.383 e. The van der Waals surface area contributed by atoms with E-state index in [9.17, 15) is 9.90 Å². The van der Waals surface area contributed by atoms with Crippen molar-refractivity contribution in [2.75, 3.05) is 6.54 Å². The van der Waals surface area contributed by atoms with E-state index in [1.165, 1.54) is 11.3 Å². The summed E-state index contributed by atoms with van der Waals surface area (Å²) in [6.45, 7) is 3.82. The third kappa shape index (κ3) is 3.21. The molecule has 19 heavy (non-hydrogen) atoms. The highest BCUT2D eigenvalue weighted by molar-refractivity contribution is 7.10. The van der Waals surface area contributed by atoms with Gasteiger partial charge in [-0.1, -0.05) is 13.0 Å². The Hall–Kier alpha value is -1.66. The maximum atomic E-state index is 11.9. The minimum absolute atomic E-state index is 0.153. The SMILES string of the molecule is CCc1cc(C(=O)NCC(C)(O)c2cccs2)n[nH]1. The molecule has 0 saturated carbocycles. The first-order valence-corrected chi connectivity index (χ1v) is 6.99. The van der Waals surface area contributed by atoms with Crippen LogP contribution in [-0.4, -0.2) is 27.8 Å². The Labute approximate surface area is 115 Å². The van der Waals surface area contributed by atoms with Crippen LogP contribution < -0.4 is 5.32 Å². The minimum atomic E-state index is -1.06. The first kappa shape index (κ1) is 13.8. The Morgan fingerprint density at radius 1 is 1.63 bits per heavy atom. The Bertz CT molecular complexity index is 546. The molecule has 0 aliphatic rings. The van der Waals surface area contributed by atoms with Crippen molar-refractivity contribution in [3.8, 4) is 0 Å². The molecule has 0 saturated heterocycles. The molecule has 1 unspecified atom stereocenters. The molecule has 0 bridgehead atoms. The summed E-state index contributed by atoms with van der Waals surface area (Å²) in [5.74, 6) is -0.284. The quantitative estimate of drug-likeness (QED) is 0.779. The van der Waals surface area contributed by atoms with Crippen molar-refractivity contribution in [1.82, 2.24) is 15.5 Å². The zero-order valence-electron chi connectivity index (χ0n) is 10.9. The summed E-state index contributed by atoms with van der Waals surface area (Å²) in [6, 6.07) is 5.44. The number of aryl methyl sites for hydroxylation is 1. The third-order valence-electron chi connectivity index (χ3n) is 2.89. The van der Waals surface area contributed by atoms with Crippen LogP contribution >= 0.6 is 11.3 Å². The van der Waals surface area contributed by atoms with Crippen LogP contribution in [0.1, 0.15) is 34.9 Å². The number of carbonyl (C=O) groups is 1. The molecule has 2 rings (SSSR count). The number of carbonyl (C=O) groups excluding carboxylic acids is 1. The number of thiophene rings is 1. The molecule has 6 heteroatoms. The van der Waals surface area contributed by atoms with Crippen molar-refractivity contribution in [3.05, 3.63) is 39.8 Å². The van der Waals surface area contributed by atoms with Crippen LogP contribution in [0.15, 0.2) is 23.6 Å². The topological polar surface area (TPSA) is 78.0 Å². The lowest BCUT2D eigenvalue weighted by molar-refractivity contribution is 0.0555. The van der Waals surface area contributed by atoms with E-state index in [0.717, 1.165) is 17.0 Å². The molecular weight excluding hydrogens is 262 g/mol. The first-order valence-electron chi connectivity index (χ1n) is 6.12. The number of rotatable bonds is 5. The van der Waals surface area contributed by atoms with Crippen molar-refractivity contribution in [3.63, 3.8) is 0 Å². The fourth-order valence-electron chi connectivity index (χ4n) is 1.67. The van der Waals surface area contributed by atoms with Gasteiger partial charge >= 0.3 is 0 Å². The summed E-state index contributed by atoms with van der Waals surface area (Å²) in [6.07, 6.45) is 0.799. The van der Waals surface area contributed by atoms with Crippen molar-refractivity contribution >= 4 is 17.2 Å². The second-order valence-corrected chi connectivity index (χ2v) is 5.51. The summed E-state index contributed by atoms with van der Waals surface area (Å²) in [5.41, 5.74) is 0.197. The van der Waals surface area contributed by atoms with Gasteiger partial charge in [0.2, 0.25) is 0 Å². The first-order chi connectivity index (χ1) is 9.03. The Kier molecular flexibility index (Phi) is 4.01. The highest BCUT2D eigenvalue weighted by Crippen LogP contribution is 2.24. The molecule has 0 aliphatic carbocycles. The van der Waals surface area contributed by atoms with Crippen molar-refractivity contribution in [2.45, 2.75) is 25.9 Å². The standard InChI is InChI=1S/C13H17N3O2S/c1-3-9-7-10(16-15-9)12(17)14-8-13(2,18)11-5-4-6-19-11/h4-7,18H,3,8H2,1-2H3,(H,14,17)(H,15,16). The van der Waals surface area contributed by atoms with Crippen LogP contribution in [0.4, 0.5) is 0 Å². The molecule has 0 aromatic carbocycles. The summed E-state index contributed by atoms with van der Waals surface area (Å²) in [4.78, 5) is 12.7. The number of amides is 1. The van der Waals surface area contributed by atoms with Gasteiger partial charge in [0.1, 0.15) is 11.3 Å². The number of hydrogen-bond donors (Lipinski definition) is 3. The van der Waals surface area contributed by atoms with Gasteiger partial charge in [-0.25, -0.2) is 0 Å². The van der Waals surface area contributed by atoms with Crippen LogP contribution in [0, 0.1) is 0 Å². The lowest BCUT2D eigenvalue weighted by atomic mass is 10.1. The lowest BCUT2D eigenvalue weighted by Crippen LogP contribution is -2.38. The normalized spacial score (nSPS) is 14.1. The molecule has 0 spiro atoms. The summed E-state index contributed by atoms with van der Waals surface area (Å²) >= 11 is 1.46. The van der Waals surface area contributed by atoms with E-state index in [1.807, 2.05) is 24.4 Å². The van der Waals surface area contributed by atoms with Crippen LogP contribution in [0.3, 0.4) is 0 Å². The van der Waals surface area contributed by atoms with Gasteiger partial charge in [0, 0.05) is 10.6 Å². The molecule has 1 atom stereocenters. The second-order valence-electron chi connectivity index (χ2n) is 4.57. The highest BCUT2D eigenvalue weighted by atomic mass is 32.1. The predicted molar refractivity (Wildman–Crippen MR) is 74.2 cm³/mol. The fourth-order valence-corrected chi connectivity index (χ4v) is 2.46. The van der Waals surface area contributed by atoms with Crippen molar-refractivity contribution in [2.24, 2.45) is 0 Å². The zero-order chi connectivity index (χ0) is 13.9. The van der Waals surface area contributed by atoms with Gasteiger partial charge in [-0.3, -0.25) is 9.89 Å². The zero-order valence-corrected chi connectivity index (χ0v) is 11.8. The number of nitrogens with zero attached hydrogens (tertiary/aromatic N) is 1. The molecule has 2 aromatic heterocycles. The highest BCUT2D eigenvalue weighted by Gasteiger charge is 2.25. The van der Waals surface area contributed by atoms with Gasteiger partial charge in [-0.15, -0.1) is 11.3 Å². The van der Waals surface area contributed by atoms with Crippen molar-refractivity contribution in [1.29, 1.82) is 0 Å². The maximum Gasteiger partial charge on any atom is 0.271 e. The molecule has 0 aliphatic heterocycles. The lowest BCUT2D eigenvalue weighted by Gasteiger charge is -2.21. The van der Waals surface area contributed by atoms with E-state index in [4.69, 9.17) is 0 Å². The van der Waals surface area contributed by atoms with Crippen LogP contribution in [0.2, 0.25) is 0 Å². The molecule has 0 radical (unpaired) electrons. The average molecular weight is 279 g/mol. The second kappa shape index (κ2) is 5.54. The van der Waals surface area contributed by atoms with Crippen LogP contribution in [-0.2, 0) is 12.0 Å². The van der Waals surface area contributed by atoms with Crippen LogP contribution in [0.5, 0.6) is 0 Å². The third-order valence-corrected chi connectivity index (χ3v) is 4.01. The number of aromatic nitrogens is 2. The molecule has 2 heterocycles. The van der Waals surface area contributed by atoms with Gasteiger partial charge in [0.15, 0.2) is 0 Å². The molecule has 2 aromatic rings. The smallest absolute Gasteiger partial charge is 0.271 e. The molecular formula is C13H17N3O2S. The fraction of sp³-hybridized carbons (Fsp3) is 0.385. The number of nitrogens with one attached hydrogen (secondary N) is 2. The minimum Gasteiger partial charge on any atom is -0.383 e. The maximum absolute atomic E-state index is 11.9.